The molecule has 4 aromatic rings. The average molecular weight is 504 g/mol. The fourth-order valence-electron chi connectivity index (χ4n) is 4.44. The summed E-state index contributed by atoms with van der Waals surface area (Å²) in [5.41, 5.74) is 10.1. The summed E-state index contributed by atoms with van der Waals surface area (Å²) in [4.78, 5) is 33.8. The first kappa shape index (κ1) is 23.7. The van der Waals surface area contributed by atoms with Crippen LogP contribution < -0.4 is 16.5 Å². The standard InChI is InChI=1S/C26H25N5O4S/c1-36(34,35)12-11-16-5-8-19(9-6-16)29-26-28-14-21-23(32)22(24(27)33)15-31(25(21)30-26)20-10-7-17-3-2-4-18(17)13-20/h5-10,13-15H,2-4,11-12H2,1H3,(H2,27,33)(H,28,29,30). The molecule has 0 radical (unpaired) electrons. The maximum atomic E-state index is 12.9. The van der Waals surface area contributed by atoms with Gasteiger partial charge in [-0.3, -0.25) is 9.59 Å². The molecule has 2 aromatic heterocycles. The quantitative estimate of drug-likeness (QED) is 0.396. The molecule has 2 heterocycles. The Morgan fingerprint density at radius 3 is 2.58 bits per heavy atom. The Kier molecular flexibility index (Phi) is 6.05. The predicted molar refractivity (Wildman–Crippen MR) is 139 cm³/mol. The third-order valence-electron chi connectivity index (χ3n) is 6.34. The monoisotopic (exact) mass is 503 g/mol. The van der Waals surface area contributed by atoms with E-state index in [0.29, 0.717) is 17.8 Å². The number of carbonyl (C=O) groups is 1. The molecule has 1 aliphatic carbocycles. The van der Waals surface area contributed by atoms with Crippen LogP contribution in [0.3, 0.4) is 0 Å². The second-order valence-corrected chi connectivity index (χ2v) is 11.3. The lowest BCUT2D eigenvalue weighted by atomic mass is 10.1. The molecule has 2 aromatic carbocycles. The van der Waals surface area contributed by atoms with Crippen LogP contribution in [0.4, 0.5) is 11.6 Å². The molecule has 10 heteroatoms. The Balaban J connectivity index is 1.53. The summed E-state index contributed by atoms with van der Waals surface area (Å²) in [6.07, 6.45) is 7.60. The maximum absolute atomic E-state index is 12.9. The molecule has 1 amide bonds. The zero-order chi connectivity index (χ0) is 25.4. The molecule has 5 rings (SSSR count). The average Bonchev–Trinajstić information content (AvgIpc) is 3.31. The van der Waals surface area contributed by atoms with Gasteiger partial charge in [-0.1, -0.05) is 18.2 Å². The van der Waals surface area contributed by atoms with Crippen molar-refractivity contribution < 1.29 is 13.2 Å². The Morgan fingerprint density at radius 1 is 1.11 bits per heavy atom. The number of benzene rings is 2. The van der Waals surface area contributed by atoms with Crippen molar-refractivity contribution in [2.45, 2.75) is 25.7 Å². The minimum Gasteiger partial charge on any atom is -0.365 e. The highest BCUT2D eigenvalue weighted by atomic mass is 32.2. The topological polar surface area (TPSA) is 137 Å². The molecule has 0 saturated carbocycles. The highest BCUT2D eigenvalue weighted by Gasteiger charge is 2.18. The van der Waals surface area contributed by atoms with Crippen LogP contribution in [0, 0.1) is 0 Å². The number of anilines is 2. The summed E-state index contributed by atoms with van der Waals surface area (Å²) in [6, 6.07) is 13.4. The van der Waals surface area contributed by atoms with Crippen LogP contribution in [0.25, 0.3) is 16.7 Å². The summed E-state index contributed by atoms with van der Waals surface area (Å²) >= 11 is 0. The van der Waals surface area contributed by atoms with E-state index >= 15 is 0 Å². The van der Waals surface area contributed by atoms with Crippen molar-refractivity contribution in [1.82, 2.24) is 14.5 Å². The molecule has 0 bridgehead atoms. The van der Waals surface area contributed by atoms with Crippen molar-refractivity contribution in [1.29, 1.82) is 0 Å². The summed E-state index contributed by atoms with van der Waals surface area (Å²) in [5.74, 6) is -0.455. The third kappa shape index (κ3) is 4.85. The van der Waals surface area contributed by atoms with Gasteiger partial charge in [0.05, 0.1) is 11.1 Å². The van der Waals surface area contributed by atoms with E-state index < -0.39 is 21.2 Å². The number of primary amides is 1. The number of nitrogens with zero attached hydrogens (tertiary/aromatic N) is 3. The van der Waals surface area contributed by atoms with Gasteiger partial charge in [-0.15, -0.1) is 0 Å². The summed E-state index contributed by atoms with van der Waals surface area (Å²) < 4.78 is 24.5. The molecule has 1 aliphatic rings. The third-order valence-corrected chi connectivity index (χ3v) is 7.29. The van der Waals surface area contributed by atoms with Gasteiger partial charge < -0.3 is 15.6 Å². The number of carbonyl (C=O) groups excluding carboxylic acids is 1. The van der Waals surface area contributed by atoms with E-state index in [1.807, 2.05) is 30.3 Å². The van der Waals surface area contributed by atoms with E-state index in [1.54, 1.807) is 4.57 Å². The second-order valence-electron chi connectivity index (χ2n) is 9.05. The van der Waals surface area contributed by atoms with Crippen molar-refractivity contribution in [3.8, 4) is 5.69 Å². The Bertz CT molecular complexity index is 1660. The van der Waals surface area contributed by atoms with Crippen molar-refractivity contribution in [3.63, 3.8) is 0 Å². The molecule has 9 nitrogen and oxygen atoms in total. The van der Waals surface area contributed by atoms with Gasteiger partial charge in [0.2, 0.25) is 11.4 Å². The van der Waals surface area contributed by atoms with Gasteiger partial charge in [0.15, 0.2) is 5.65 Å². The number of hydrogen-bond donors (Lipinski definition) is 2. The number of rotatable bonds is 7. The number of sulfone groups is 1. The first-order chi connectivity index (χ1) is 17.2. The van der Waals surface area contributed by atoms with E-state index in [0.717, 1.165) is 30.5 Å². The minimum absolute atomic E-state index is 0.0844. The number of nitrogens with two attached hydrogens (primary N) is 1. The molecule has 0 fully saturated rings. The van der Waals surface area contributed by atoms with Crippen LogP contribution in [-0.2, 0) is 29.1 Å². The van der Waals surface area contributed by atoms with Crippen molar-refractivity contribution >= 4 is 38.4 Å². The molecule has 0 atom stereocenters. The van der Waals surface area contributed by atoms with Gasteiger partial charge in [-0.2, -0.15) is 4.98 Å². The fourth-order valence-corrected chi connectivity index (χ4v) is 5.04. The minimum atomic E-state index is -3.04. The molecule has 0 saturated heterocycles. The van der Waals surface area contributed by atoms with Gasteiger partial charge in [0.25, 0.3) is 5.91 Å². The number of aryl methyl sites for hydroxylation is 3. The number of aromatic nitrogens is 3. The van der Waals surface area contributed by atoms with Gasteiger partial charge in [0.1, 0.15) is 15.4 Å². The SMILES string of the molecule is CS(=O)(=O)CCc1ccc(Nc2ncc3c(=O)c(C(N)=O)cn(-c4ccc5c(c4)CCC5)c3n2)cc1. The molecule has 0 unspecified atom stereocenters. The van der Waals surface area contributed by atoms with Crippen molar-refractivity contribution in [2.24, 2.45) is 5.73 Å². The first-order valence-electron chi connectivity index (χ1n) is 11.6. The lowest BCUT2D eigenvalue weighted by Crippen LogP contribution is -2.24. The summed E-state index contributed by atoms with van der Waals surface area (Å²) in [7, 11) is -3.04. The first-order valence-corrected chi connectivity index (χ1v) is 13.6. The van der Waals surface area contributed by atoms with Gasteiger partial charge >= 0.3 is 0 Å². The maximum Gasteiger partial charge on any atom is 0.254 e. The lowest BCUT2D eigenvalue weighted by molar-refractivity contribution is 0.0999. The molecule has 0 aliphatic heterocycles. The zero-order valence-electron chi connectivity index (χ0n) is 19.7. The largest absolute Gasteiger partial charge is 0.365 e. The Morgan fingerprint density at radius 2 is 1.86 bits per heavy atom. The van der Waals surface area contributed by atoms with Crippen LogP contribution in [0.2, 0.25) is 0 Å². The van der Waals surface area contributed by atoms with Gasteiger partial charge in [-0.25, -0.2) is 13.4 Å². The Hall–Kier alpha value is -4.05. The van der Waals surface area contributed by atoms with E-state index in [2.05, 4.69) is 27.4 Å². The highest BCUT2D eigenvalue weighted by molar-refractivity contribution is 7.90. The molecule has 184 valence electrons. The van der Waals surface area contributed by atoms with Crippen LogP contribution in [0.15, 0.2) is 59.7 Å². The number of fused-ring (bicyclic) bond motifs is 2. The number of nitrogens with one attached hydrogen (secondary N) is 1. The smallest absolute Gasteiger partial charge is 0.254 e. The van der Waals surface area contributed by atoms with E-state index in [4.69, 9.17) is 5.73 Å². The van der Waals surface area contributed by atoms with Gasteiger partial charge in [-0.05, 0) is 66.6 Å². The molecular formula is C26H25N5O4S. The number of pyridine rings is 1. The van der Waals surface area contributed by atoms with Crippen LogP contribution in [-0.4, -0.2) is 40.9 Å². The van der Waals surface area contributed by atoms with Crippen molar-refractivity contribution in [3.05, 3.63) is 87.3 Å². The van der Waals surface area contributed by atoms with E-state index in [-0.39, 0.29) is 22.7 Å². The van der Waals surface area contributed by atoms with Crippen molar-refractivity contribution in [2.75, 3.05) is 17.3 Å². The van der Waals surface area contributed by atoms with Gasteiger partial charge in [0, 0.05) is 30.0 Å². The summed E-state index contributed by atoms with van der Waals surface area (Å²) in [5, 5.41) is 3.31. The van der Waals surface area contributed by atoms with Crippen LogP contribution in [0.5, 0.6) is 0 Å². The van der Waals surface area contributed by atoms with Crippen LogP contribution >= 0.6 is 0 Å². The second kappa shape index (κ2) is 9.19. The zero-order valence-corrected chi connectivity index (χ0v) is 20.5. The summed E-state index contributed by atoms with van der Waals surface area (Å²) in [6.45, 7) is 0. The Labute approximate surface area is 207 Å². The van der Waals surface area contributed by atoms with Crippen LogP contribution in [0.1, 0.15) is 33.5 Å². The van der Waals surface area contributed by atoms with E-state index in [1.165, 1.54) is 29.8 Å². The number of amides is 1. The lowest BCUT2D eigenvalue weighted by Gasteiger charge is -2.14. The van der Waals surface area contributed by atoms with E-state index in [9.17, 15) is 18.0 Å². The molecule has 3 N–H and O–H groups in total. The normalized spacial score (nSPS) is 13.0. The molecule has 0 spiro atoms. The molecular weight excluding hydrogens is 478 g/mol. The molecule has 36 heavy (non-hydrogen) atoms. The highest BCUT2D eigenvalue weighted by Crippen LogP contribution is 2.26. The number of hydrogen-bond acceptors (Lipinski definition) is 7. The predicted octanol–water partition coefficient (Wildman–Crippen LogP) is 2.70. The fraction of sp³-hybridized carbons (Fsp3) is 0.231.